The molecule has 2 heteroatoms. The highest BCUT2D eigenvalue weighted by Gasteiger charge is 2.17. The Morgan fingerprint density at radius 1 is 0.607 bits per heavy atom. The quantitative estimate of drug-likeness (QED) is 0.261. The number of carbonyl (C=O) groups excluding carboxylic acids is 1. The number of carbonyl (C=O) groups is 1. The fourth-order valence-corrected chi connectivity index (χ4v) is 4.02. The van der Waals surface area contributed by atoms with Crippen LogP contribution in [0.25, 0.3) is 43.4 Å². The van der Waals surface area contributed by atoms with Crippen molar-refractivity contribution in [2.24, 2.45) is 0 Å². The Bertz CT molecular complexity index is 1370. The SMILES string of the molecule is COC(=O)c1cc2ccccc2cc1-c1cc2ccccc2c2ccccc12. The van der Waals surface area contributed by atoms with E-state index in [2.05, 4.69) is 54.6 Å². The van der Waals surface area contributed by atoms with Crippen LogP contribution < -0.4 is 0 Å². The van der Waals surface area contributed by atoms with Crippen LogP contribution in [0.2, 0.25) is 0 Å². The fourth-order valence-electron chi connectivity index (χ4n) is 4.02. The largest absolute Gasteiger partial charge is 0.465 e. The molecule has 28 heavy (non-hydrogen) atoms. The van der Waals surface area contributed by atoms with Gasteiger partial charge in [0.2, 0.25) is 0 Å². The Labute approximate surface area is 163 Å². The van der Waals surface area contributed by atoms with Crippen molar-refractivity contribution >= 4 is 38.3 Å². The number of esters is 1. The number of hydrogen-bond donors (Lipinski definition) is 0. The average molecular weight is 362 g/mol. The lowest BCUT2D eigenvalue weighted by molar-refractivity contribution is 0.0602. The maximum absolute atomic E-state index is 12.6. The van der Waals surface area contributed by atoms with Gasteiger partial charge in [-0.25, -0.2) is 4.79 Å². The van der Waals surface area contributed by atoms with Gasteiger partial charge in [-0.1, -0.05) is 72.8 Å². The first-order valence-corrected chi connectivity index (χ1v) is 9.28. The molecule has 0 aliphatic carbocycles. The zero-order valence-corrected chi connectivity index (χ0v) is 15.5. The first kappa shape index (κ1) is 16.5. The molecule has 0 fully saturated rings. The number of rotatable bonds is 2. The van der Waals surface area contributed by atoms with Gasteiger partial charge in [0.1, 0.15) is 0 Å². The summed E-state index contributed by atoms with van der Waals surface area (Å²) in [4.78, 5) is 12.6. The van der Waals surface area contributed by atoms with Gasteiger partial charge in [0.15, 0.2) is 0 Å². The van der Waals surface area contributed by atoms with E-state index >= 15 is 0 Å². The molecule has 0 bridgehead atoms. The van der Waals surface area contributed by atoms with E-state index in [1.807, 2.05) is 36.4 Å². The molecule has 0 radical (unpaired) electrons. The van der Waals surface area contributed by atoms with E-state index in [0.717, 1.165) is 32.7 Å². The van der Waals surface area contributed by atoms with Crippen LogP contribution in [-0.4, -0.2) is 13.1 Å². The van der Waals surface area contributed by atoms with Gasteiger partial charge in [0.05, 0.1) is 12.7 Å². The van der Waals surface area contributed by atoms with Crippen molar-refractivity contribution in [2.75, 3.05) is 7.11 Å². The van der Waals surface area contributed by atoms with Crippen LogP contribution in [0.4, 0.5) is 0 Å². The van der Waals surface area contributed by atoms with Crippen molar-refractivity contribution in [1.82, 2.24) is 0 Å². The molecule has 0 saturated carbocycles. The molecule has 0 aromatic heterocycles. The monoisotopic (exact) mass is 362 g/mol. The predicted molar refractivity (Wildman–Crippen MR) is 116 cm³/mol. The van der Waals surface area contributed by atoms with E-state index in [-0.39, 0.29) is 5.97 Å². The standard InChI is InChI=1S/C26H18O2/c1-28-26(27)25-15-18-9-3-2-8-17(18)14-24(25)23-16-19-10-4-5-11-20(19)21-12-6-7-13-22(21)23/h2-16H,1H3. The van der Waals surface area contributed by atoms with Crippen molar-refractivity contribution < 1.29 is 9.53 Å². The number of fused-ring (bicyclic) bond motifs is 4. The summed E-state index contributed by atoms with van der Waals surface area (Å²) >= 11 is 0. The molecule has 5 aromatic carbocycles. The van der Waals surface area contributed by atoms with Crippen molar-refractivity contribution in [2.45, 2.75) is 0 Å². The van der Waals surface area contributed by atoms with Crippen molar-refractivity contribution in [1.29, 1.82) is 0 Å². The maximum atomic E-state index is 12.6. The van der Waals surface area contributed by atoms with E-state index in [4.69, 9.17) is 4.74 Å². The van der Waals surface area contributed by atoms with E-state index < -0.39 is 0 Å². The van der Waals surface area contributed by atoms with Gasteiger partial charge in [-0.05, 0) is 61.6 Å². The molecule has 2 nitrogen and oxygen atoms in total. The second-order valence-corrected chi connectivity index (χ2v) is 6.93. The van der Waals surface area contributed by atoms with E-state index in [0.29, 0.717) is 5.56 Å². The third kappa shape index (κ3) is 2.54. The molecule has 0 aliphatic rings. The Morgan fingerprint density at radius 2 is 1.14 bits per heavy atom. The molecule has 0 aliphatic heterocycles. The summed E-state index contributed by atoms with van der Waals surface area (Å²) in [7, 11) is 1.43. The molecule has 5 rings (SSSR count). The molecule has 134 valence electrons. The van der Waals surface area contributed by atoms with E-state index in [9.17, 15) is 4.79 Å². The molecule has 0 saturated heterocycles. The summed E-state index contributed by atoms with van der Waals surface area (Å²) in [6, 6.07) is 31.0. The van der Waals surface area contributed by atoms with Crippen LogP contribution >= 0.6 is 0 Å². The molecule has 0 N–H and O–H groups in total. The highest BCUT2D eigenvalue weighted by atomic mass is 16.5. The minimum Gasteiger partial charge on any atom is -0.465 e. The van der Waals surface area contributed by atoms with Gasteiger partial charge in [-0.15, -0.1) is 0 Å². The lowest BCUT2D eigenvalue weighted by atomic mass is 9.89. The van der Waals surface area contributed by atoms with E-state index in [1.54, 1.807) is 0 Å². The third-order valence-electron chi connectivity index (χ3n) is 5.35. The summed E-state index contributed by atoms with van der Waals surface area (Å²) in [5.74, 6) is -0.321. The summed E-state index contributed by atoms with van der Waals surface area (Å²) < 4.78 is 5.11. The second-order valence-electron chi connectivity index (χ2n) is 6.93. The Balaban J connectivity index is 1.94. The molecule has 0 unspecified atom stereocenters. The van der Waals surface area contributed by atoms with Crippen LogP contribution in [-0.2, 0) is 4.74 Å². The number of methoxy groups -OCH3 is 1. The number of ether oxygens (including phenoxy) is 1. The van der Waals surface area contributed by atoms with Crippen molar-refractivity contribution in [3.63, 3.8) is 0 Å². The van der Waals surface area contributed by atoms with Crippen LogP contribution in [0.1, 0.15) is 10.4 Å². The maximum Gasteiger partial charge on any atom is 0.338 e. The normalized spacial score (nSPS) is 11.2. The van der Waals surface area contributed by atoms with Crippen LogP contribution in [0.15, 0.2) is 91.0 Å². The molecule has 5 aromatic rings. The smallest absolute Gasteiger partial charge is 0.338 e. The summed E-state index contributed by atoms with van der Waals surface area (Å²) in [6.45, 7) is 0. The Kier molecular flexibility index (Phi) is 3.84. The zero-order valence-electron chi connectivity index (χ0n) is 15.5. The van der Waals surface area contributed by atoms with Gasteiger partial charge < -0.3 is 4.74 Å². The van der Waals surface area contributed by atoms with Crippen LogP contribution in [0.5, 0.6) is 0 Å². The lowest BCUT2D eigenvalue weighted by Crippen LogP contribution is -2.04. The molecule has 0 atom stereocenters. The Hall–Kier alpha value is -3.65. The highest BCUT2D eigenvalue weighted by Crippen LogP contribution is 2.38. The molecule has 0 spiro atoms. The minimum absolute atomic E-state index is 0.321. The predicted octanol–water partition coefficient (Wildman–Crippen LogP) is 6.60. The first-order valence-electron chi connectivity index (χ1n) is 9.28. The zero-order chi connectivity index (χ0) is 19.1. The summed E-state index contributed by atoms with van der Waals surface area (Å²) in [5.41, 5.74) is 2.52. The summed E-state index contributed by atoms with van der Waals surface area (Å²) in [6.07, 6.45) is 0. The lowest BCUT2D eigenvalue weighted by Gasteiger charge is -2.15. The van der Waals surface area contributed by atoms with Crippen molar-refractivity contribution in [3.05, 3.63) is 96.6 Å². The topological polar surface area (TPSA) is 26.3 Å². The van der Waals surface area contributed by atoms with Gasteiger partial charge in [0.25, 0.3) is 0 Å². The minimum atomic E-state index is -0.321. The summed E-state index contributed by atoms with van der Waals surface area (Å²) in [5, 5.41) is 6.79. The molecular weight excluding hydrogens is 344 g/mol. The van der Waals surface area contributed by atoms with E-state index in [1.165, 1.54) is 17.9 Å². The third-order valence-corrected chi connectivity index (χ3v) is 5.35. The second kappa shape index (κ2) is 6.50. The fraction of sp³-hybridized carbons (Fsp3) is 0.0385. The van der Waals surface area contributed by atoms with Gasteiger partial charge in [0, 0.05) is 0 Å². The van der Waals surface area contributed by atoms with Gasteiger partial charge in [-0.3, -0.25) is 0 Å². The Morgan fingerprint density at radius 3 is 1.86 bits per heavy atom. The van der Waals surface area contributed by atoms with Gasteiger partial charge >= 0.3 is 5.97 Å². The van der Waals surface area contributed by atoms with Crippen molar-refractivity contribution in [3.8, 4) is 11.1 Å². The molecule has 0 amide bonds. The number of hydrogen-bond acceptors (Lipinski definition) is 2. The average Bonchev–Trinajstić information content (AvgIpc) is 2.77. The first-order chi connectivity index (χ1) is 13.8. The van der Waals surface area contributed by atoms with Gasteiger partial charge in [-0.2, -0.15) is 0 Å². The van der Waals surface area contributed by atoms with Crippen LogP contribution in [0.3, 0.4) is 0 Å². The number of benzene rings is 5. The highest BCUT2D eigenvalue weighted by molar-refractivity contribution is 6.16. The molecule has 0 heterocycles. The van der Waals surface area contributed by atoms with Crippen LogP contribution in [0, 0.1) is 0 Å². The molecular formula is C26H18O2.